The molecule has 458 valence electrons. The van der Waals surface area contributed by atoms with Crippen LogP contribution in [0.4, 0.5) is 0 Å². The van der Waals surface area contributed by atoms with E-state index in [1.165, 1.54) is 6.92 Å². The van der Waals surface area contributed by atoms with Gasteiger partial charge in [0.05, 0.1) is 49.5 Å². The van der Waals surface area contributed by atoms with Crippen LogP contribution in [0.15, 0.2) is 11.6 Å². The van der Waals surface area contributed by atoms with Crippen molar-refractivity contribution in [2.45, 2.75) is 244 Å². The largest absolute Gasteiger partial charge is 0.479 e. The van der Waals surface area contributed by atoms with Gasteiger partial charge in [0.1, 0.15) is 73.2 Å². The number of esters is 2. The average Bonchev–Trinajstić information content (AvgIpc) is 1.92. The van der Waals surface area contributed by atoms with Crippen molar-refractivity contribution in [3.05, 3.63) is 11.6 Å². The van der Waals surface area contributed by atoms with Gasteiger partial charge < -0.3 is 99.2 Å². The minimum atomic E-state index is -2.09. The van der Waals surface area contributed by atoms with Gasteiger partial charge in [-0.05, 0) is 91.8 Å². The fourth-order valence-electron chi connectivity index (χ4n) is 16.4. The highest BCUT2D eigenvalue weighted by Crippen LogP contribution is 2.76. The van der Waals surface area contributed by atoms with Gasteiger partial charge in [-0.1, -0.05) is 80.9 Å². The summed E-state index contributed by atoms with van der Waals surface area (Å²) in [5.41, 5.74) is -5.29. The van der Waals surface area contributed by atoms with Crippen LogP contribution in [0.25, 0.3) is 0 Å². The Balaban J connectivity index is 1.09. The Morgan fingerprint density at radius 2 is 1.35 bits per heavy atom. The minimum absolute atomic E-state index is 0.0292. The molecule has 3 aliphatic heterocycles. The van der Waals surface area contributed by atoms with Crippen molar-refractivity contribution in [2.24, 2.45) is 62.1 Å². The summed E-state index contributed by atoms with van der Waals surface area (Å²) in [5, 5.41) is 136. The molecule has 0 aromatic rings. The number of carbonyl (C=O) groups excluding carboxylic acids is 2. The lowest BCUT2D eigenvalue weighted by Gasteiger charge is -2.73. The van der Waals surface area contributed by atoms with E-state index in [9.17, 15) is 75.7 Å². The lowest BCUT2D eigenvalue weighted by molar-refractivity contribution is -0.372. The van der Waals surface area contributed by atoms with Gasteiger partial charge in [-0.2, -0.15) is 0 Å². The van der Waals surface area contributed by atoms with E-state index in [1.807, 2.05) is 48.5 Å². The van der Waals surface area contributed by atoms with Gasteiger partial charge in [-0.3, -0.25) is 9.59 Å². The first-order chi connectivity index (χ1) is 37.3. The molecule has 0 radical (unpaired) electrons. The Hall–Kier alpha value is -2.53. The second-order valence-electron chi connectivity index (χ2n) is 27.0. The lowest BCUT2D eigenvalue weighted by atomic mass is 9.32. The normalized spacial score (nSPS) is 50.4. The molecular weight excluding hydrogens is 1050 g/mol. The number of aliphatic hydroxyl groups excluding tert-OH is 11. The van der Waals surface area contributed by atoms with Crippen LogP contribution in [0.3, 0.4) is 0 Å². The van der Waals surface area contributed by atoms with Gasteiger partial charge in [-0.25, -0.2) is 4.79 Å². The first-order valence-electron chi connectivity index (χ1n) is 28.8. The number of rotatable bonds is 15. The van der Waals surface area contributed by atoms with Crippen molar-refractivity contribution in [3.63, 3.8) is 0 Å². The second kappa shape index (κ2) is 23.0. The summed E-state index contributed by atoms with van der Waals surface area (Å²) in [7, 11) is 0. The topological polar surface area (TPSA) is 368 Å². The molecular formula is C57H92O23. The van der Waals surface area contributed by atoms with E-state index < -0.39 is 199 Å². The van der Waals surface area contributed by atoms with E-state index in [1.54, 1.807) is 6.92 Å². The Kier molecular flexibility index (Phi) is 18.3. The predicted octanol–water partition coefficient (Wildman–Crippen LogP) is 0.423. The van der Waals surface area contributed by atoms with Crippen molar-refractivity contribution in [1.82, 2.24) is 0 Å². The summed E-state index contributed by atoms with van der Waals surface area (Å²) in [6.45, 7) is 19.0. The average molecular weight is 1150 g/mol. The van der Waals surface area contributed by atoms with Crippen molar-refractivity contribution in [3.8, 4) is 0 Å². The maximum atomic E-state index is 14.1. The third-order valence-corrected chi connectivity index (χ3v) is 21.5. The van der Waals surface area contributed by atoms with Crippen molar-refractivity contribution >= 4 is 17.9 Å². The molecule has 0 aromatic heterocycles. The molecule has 8 aliphatic rings. The van der Waals surface area contributed by atoms with E-state index in [4.69, 9.17) is 37.9 Å². The summed E-state index contributed by atoms with van der Waals surface area (Å²) in [5.74, 6) is -4.63. The molecule has 5 aliphatic carbocycles. The Morgan fingerprint density at radius 3 is 1.96 bits per heavy atom. The highest BCUT2D eigenvalue weighted by Gasteiger charge is 2.77. The zero-order valence-electron chi connectivity index (χ0n) is 48.1. The van der Waals surface area contributed by atoms with Crippen LogP contribution < -0.4 is 0 Å². The van der Waals surface area contributed by atoms with E-state index in [0.29, 0.717) is 38.5 Å². The first kappa shape index (κ1) is 63.5. The molecule has 0 aromatic carbocycles. The first-order valence-corrected chi connectivity index (χ1v) is 28.8. The minimum Gasteiger partial charge on any atom is -0.479 e. The van der Waals surface area contributed by atoms with Gasteiger partial charge >= 0.3 is 17.9 Å². The molecule has 0 amide bonds. The standard InChI is InChI=1S/C57H92O23/c1-12-25(4)48(72)80-46-43(68)52(6,7)20-28-27-13-14-31-53(8)17-16-32(54(9,22-58)30(53)15-18-55(31,10)56(27,11)45(44(69)57(28,46)23-59)76-33(61)19-24(2)3)75-51-39(67)41(37(65)42(79-51)47(70)71)78-49-38(66)40(29(60)21-73-49)77-50-36(64)35(63)34(62)26(5)74-50/h13,24-26,28-32,34-46,49-51,58-60,62-69H,12,14-23H2,1-11H3,(H,70,71)/t25?,26-,28-,29-,30+,31+,32-,34-,35+,36+,37-,38+,39+,40-,41-,42-,43-,44+,45-,46-,49-,50-,51+,53-,54-,55+,56-,57-/m0/s1. The van der Waals surface area contributed by atoms with Crippen LogP contribution in [0.1, 0.15) is 128 Å². The Labute approximate surface area is 467 Å². The molecule has 0 spiro atoms. The number of allylic oxidation sites excluding steroid dienone is 1. The number of ether oxygens (including phenoxy) is 8. The molecule has 28 atom stereocenters. The predicted molar refractivity (Wildman–Crippen MR) is 277 cm³/mol. The van der Waals surface area contributed by atoms with Crippen LogP contribution in [0.2, 0.25) is 0 Å². The summed E-state index contributed by atoms with van der Waals surface area (Å²) < 4.78 is 48.0. The third kappa shape index (κ3) is 10.1. The molecule has 8 rings (SSSR count). The van der Waals surface area contributed by atoms with Crippen molar-refractivity contribution in [2.75, 3.05) is 19.8 Å². The van der Waals surface area contributed by atoms with Crippen LogP contribution in [0.5, 0.6) is 0 Å². The quantitative estimate of drug-likeness (QED) is 0.0601. The number of hydrogen-bond acceptors (Lipinski definition) is 22. The fourth-order valence-corrected chi connectivity index (χ4v) is 16.4. The Morgan fingerprint density at radius 1 is 0.713 bits per heavy atom. The van der Waals surface area contributed by atoms with Crippen molar-refractivity contribution < 1.29 is 114 Å². The van der Waals surface area contributed by atoms with Gasteiger partial charge in [0, 0.05) is 17.3 Å². The van der Waals surface area contributed by atoms with E-state index in [0.717, 1.165) is 5.57 Å². The van der Waals surface area contributed by atoms with Crippen LogP contribution >= 0.6 is 0 Å². The number of carbonyl (C=O) groups is 3. The third-order valence-electron chi connectivity index (χ3n) is 21.5. The highest BCUT2D eigenvalue weighted by atomic mass is 16.8. The lowest BCUT2D eigenvalue weighted by Crippen LogP contribution is -2.77. The smallest absolute Gasteiger partial charge is 0.335 e. The number of hydrogen-bond donors (Lipinski definition) is 12. The van der Waals surface area contributed by atoms with Crippen LogP contribution in [0, 0.1) is 62.1 Å². The zero-order chi connectivity index (χ0) is 59.3. The Bertz CT molecular complexity index is 2270. The van der Waals surface area contributed by atoms with Crippen LogP contribution in [-0.2, 0) is 52.3 Å². The van der Waals surface area contributed by atoms with Gasteiger partial charge in [-0.15, -0.1) is 0 Å². The number of aliphatic hydroxyl groups is 11. The summed E-state index contributed by atoms with van der Waals surface area (Å²) >= 11 is 0. The van der Waals surface area contributed by atoms with Gasteiger partial charge in [0.2, 0.25) is 0 Å². The monoisotopic (exact) mass is 1140 g/mol. The molecule has 23 heteroatoms. The van der Waals surface area contributed by atoms with Crippen molar-refractivity contribution in [1.29, 1.82) is 0 Å². The molecule has 0 bridgehead atoms. The molecule has 23 nitrogen and oxygen atoms in total. The molecule has 80 heavy (non-hydrogen) atoms. The molecule has 12 N–H and O–H groups in total. The number of aliphatic carboxylic acids is 1. The van der Waals surface area contributed by atoms with E-state index in [2.05, 4.69) is 19.9 Å². The second-order valence-corrected chi connectivity index (χ2v) is 27.0. The van der Waals surface area contributed by atoms with Crippen LogP contribution in [-0.4, -0.2) is 216 Å². The molecule has 3 saturated heterocycles. The number of carboxylic acid groups (broad SMARTS) is 1. The summed E-state index contributed by atoms with van der Waals surface area (Å²) in [6, 6.07) is 0. The maximum Gasteiger partial charge on any atom is 0.335 e. The van der Waals surface area contributed by atoms with E-state index >= 15 is 0 Å². The zero-order valence-corrected chi connectivity index (χ0v) is 48.1. The molecule has 3 heterocycles. The highest BCUT2D eigenvalue weighted by molar-refractivity contribution is 5.73. The van der Waals surface area contributed by atoms with Gasteiger partial charge in [0.25, 0.3) is 0 Å². The number of carboxylic acids is 1. The van der Waals surface area contributed by atoms with E-state index in [-0.39, 0.29) is 30.6 Å². The fraction of sp³-hybridized carbons (Fsp3) is 0.912. The molecule has 7 fully saturated rings. The molecule has 4 saturated carbocycles. The van der Waals surface area contributed by atoms with Gasteiger partial charge in [0.15, 0.2) is 25.0 Å². The number of fused-ring (bicyclic) bond motifs is 7. The summed E-state index contributed by atoms with van der Waals surface area (Å²) in [6.07, 6.45) is -25.9. The maximum absolute atomic E-state index is 14.1. The SMILES string of the molecule is CCC(C)C(=O)O[C@H]1[C@H](O)C(C)(C)C[C@H]2C3=CC[C@@H]4[C@@]5(C)CC[C@H](O[C@@H]6O[C@H](C(=O)O)[C@@H](O)[C@H](O[C@@H]7OC[C@H](O)[C@H](O[C@@H]8O[C@@H](C)[C@H](O)[C@@H](O)[C@H]8O)[C@H]7O)[C@H]6O)[C@@](C)(CO)[C@@H]5CC[C@@]4(C)[C@]3(C)[C@@H](OC(=O)CC(C)C)[C@@H](O)[C@]21CO. The molecule has 1 unspecified atom stereocenters. The summed E-state index contributed by atoms with van der Waals surface area (Å²) in [4.78, 5) is 40.6.